The van der Waals surface area contributed by atoms with Gasteiger partial charge in [-0.25, -0.2) is 4.98 Å². The molecule has 5 nitrogen and oxygen atoms in total. The molecule has 0 aliphatic carbocycles. The van der Waals surface area contributed by atoms with Crippen molar-refractivity contribution >= 4 is 16.7 Å². The second-order valence-electron chi connectivity index (χ2n) is 3.84. The van der Waals surface area contributed by atoms with Crippen LogP contribution in [0.25, 0.3) is 11.0 Å². The van der Waals surface area contributed by atoms with E-state index >= 15 is 0 Å². The fourth-order valence-corrected chi connectivity index (χ4v) is 1.68. The van der Waals surface area contributed by atoms with Gasteiger partial charge in [0.1, 0.15) is 0 Å². The van der Waals surface area contributed by atoms with Crippen LogP contribution in [-0.4, -0.2) is 14.5 Å². The standard InChI is InChI=1S/C11H13N3O2/c1-3-8(2)13-7-12-10-6-9(14(15)16)4-5-11(10)13/h4-8H,3H2,1-2H3/t8-/m1/s1. The number of nitro benzene ring substituents is 1. The first-order chi connectivity index (χ1) is 7.63. The third-order valence-electron chi connectivity index (χ3n) is 2.83. The third-order valence-corrected chi connectivity index (χ3v) is 2.83. The highest BCUT2D eigenvalue weighted by Crippen LogP contribution is 2.23. The van der Waals surface area contributed by atoms with Crippen molar-refractivity contribution in [3.8, 4) is 0 Å². The lowest BCUT2D eigenvalue weighted by molar-refractivity contribution is -0.384. The lowest BCUT2D eigenvalue weighted by atomic mass is 10.2. The van der Waals surface area contributed by atoms with Crippen molar-refractivity contribution < 1.29 is 4.92 Å². The maximum Gasteiger partial charge on any atom is 0.271 e. The number of nitrogens with zero attached hydrogens (tertiary/aromatic N) is 3. The van der Waals surface area contributed by atoms with Crippen molar-refractivity contribution in [2.24, 2.45) is 0 Å². The molecule has 0 saturated carbocycles. The van der Waals surface area contributed by atoms with Gasteiger partial charge in [0.2, 0.25) is 0 Å². The summed E-state index contributed by atoms with van der Waals surface area (Å²) in [5, 5.41) is 10.6. The molecular formula is C11H13N3O2. The molecular weight excluding hydrogens is 206 g/mol. The fraction of sp³-hybridized carbons (Fsp3) is 0.364. The largest absolute Gasteiger partial charge is 0.328 e. The van der Waals surface area contributed by atoms with Gasteiger partial charge in [-0.1, -0.05) is 6.92 Å². The minimum Gasteiger partial charge on any atom is -0.328 e. The number of nitro groups is 1. The average Bonchev–Trinajstić information content (AvgIpc) is 2.70. The van der Waals surface area contributed by atoms with Crippen LogP contribution in [0.2, 0.25) is 0 Å². The SMILES string of the molecule is CC[C@@H](C)n1cnc2cc([N+](=O)[O-])ccc21. The predicted molar refractivity (Wildman–Crippen MR) is 61.4 cm³/mol. The van der Waals surface area contributed by atoms with E-state index in [1.165, 1.54) is 12.1 Å². The Kier molecular flexibility index (Phi) is 2.60. The van der Waals surface area contributed by atoms with Gasteiger partial charge in [0.05, 0.1) is 22.3 Å². The topological polar surface area (TPSA) is 61.0 Å². The molecule has 16 heavy (non-hydrogen) atoms. The molecule has 1 atom stereocenters. The van der Waals surface area contributed by atoms with Crippen LogP contribution in [0, 0.1) is 10.1 Å². The summed E-state index contributed by atoms with van der Waals surface area (Å²) in [5.41, 5.74) is 1.70. The van der Waals surface area contributed by atoms with Crippen LogP contribution < -0.4 is 0 Å². The highest BCUT2D eigenvalue weighted by Gasteiger charge is 2.11. The van der Waals surface area contributed by atoms with E-state index in [4.69, 9.17) is 0 Å². The molecule has 0 spiro atoms. The van der Waals surface area contributed by atoms with Crippen molar-refractivity contribution in [2.45, 2.75) is 26.3 Å². The minimum atomic E-state index is -0.401. The summed E-state index contributed by atoms with van der Waals surface area (Å²) >= 11 is 0. The molecule has 1 aromatic carbocycles. The maximum absolute atomic E-state index is 10.6. The quantitative estimate of drug-likeness (QED) is 0.589. The van der Waals surface area contributed by atoms with Gasteiger partial charge in [0.15, 0.2) is 0 Å². The first-order valence-electron chi connectivity index (χ1n) is 5.24. The summed E-state index contributed by atoms with van der Waals surface area (Å²) < 4.78 is 2.04. The maximum atomic E-state index is 10.6. The molecule has 0 bridgehead atoms. The zero-order valence-electron chi connectivity index (χ0n) is 9.25. The van der Waals surface area contributed by atoms with E-state index in [0.717, 1.165) is 11.9 Å². The van der Waals surface area contributed by atoms with Crippen LogP contribution in [-0.2, 0) is 0 Å². The summed E-state index contributed by atoms with van der Waals surface area (Å²) in [6.45, 7) is 4.20. The van der Waals surface area contributed by atoms with Crippen molar-refractivity contribution in [1.29, 1.82) is 0 Å². The lowest BCUT2D eigenvalue weighted by Gasteiger charge is -2.10. The van der Waals surface area contributed by atoms with Gasteiger partial charge in [0, 0.05) is 18.2 Å². The van der Waals surface area contributed by atoms with Crippen LogP contribution in [0.15, 0.2) is 24.5 Å². The van der Waals surface area contributed by atoms with Crippen molar-refractivity contribution in [3.05, 3.63) is 34.6 Å². The first-order valence-corrected chi connectivity index (χ1v) is 5.24. The van der Waals surface area contributed by atoms with Crippen LogP contribution in [0.5, 0.6) is 0 Å². The summed E-state index contributed by atoms with van der Waals surface area (Å²) in [4.78, 5) is 14.4. The van der Waals surface area contributed by atoms with Crippen LogP contribution in [0.3, 0.4) is 0 Å². The van der Waals surface area contributed by atoms with E-state index in [1.54, 1.807) is 12.4 Å². The number of hydrogen-bond acceptors (Lipinski definition) is 3. The van der Waals surface area contributed by atoms with Gasteiger partial charge in [-0.3, -0.25) is 10.1 Å². The molecule has 2 rings (SSSR count). The number of benzene rings is 1. The molecule has 84 valence electrons. The predicted octanol–water partition coefficient (Wildman–Crippen LogP) is 2.92. The second-order valence-corrected chi connectivity index (χ2v) is 3.84. The Morgan fingerprint density at radius 3 is 2.94 bits per heavy atom. The van der Waals surface area contributed by atoms with Gasteiger partial charge in [-0.05, 0) is 19.4 Å². The highest BCUT2D eigenvalue weighted by molar-refractivity contribution is 5.78. The molecule has 0 fully saturated rings. The Balaban J connectivity index is 2.54. The Morgan fingerprint density at radius 2 is 2.31 bits per heavy atom. The van der Waals surface area contributed by atoms with Crippen LogP contribution in [0.1, 0.15) is 26.3 Å². The molecule has 0 amide bonds. The number of hydrogen-bond donors (Lipinski definition) is 0. The molecule has 0 aliphatic heterocycles. The Bertz CT molecular complexity index is 533. The second kappa shape index (κ2) is 3.92. The number of non-ortho nitro benzene ring substituents is 1. The number of imidazole rings is 1. The van der Waals surface area contributed by atoms with Crippen LogP contribution in [0.4, 0.5) is 5.69 Å². The van der Waals surface area contributed by atoms with E-state index in [2.05, 4.69) is 18.8 Å². The molecule has 0 unspecified atom stereocenters. The molecule has 1 aromatic heterocycles. The molecule has 1 heterocycles. The zero-order valence-corrected chi connectivity index (χ0v) is 9.25. The van der Waals surface area contributed by atoms with Gasteiger partial charge in [0.25, 0.3) is 5.69 Å². The minimum absolute atomic E-state index is 0.0851. The normalized spacial score (nSPS) is 12.9. The number of aromatic nitrogens is 2. The van der Waals surface area contributed by atoms with E-state index in [-0.39, 0.29) is 5.69 Å². The molecule has 0 radical (unpaired) electrons. The third kappa shape index (κ3) is 1.64. The molecule has 0 aliphatic rings. The summed E-state index contributed by atoms with van der Waals surface area (Å²) in [6.07, 6.45) is 2.74. The molecule has 0 N–H and O–H groups in total. The average molecular weight is 219 g/mol. The van der Waals surface area contributed by atoms with Crippen molar-refractivity contribution in [3.63, 3.8) is 0 Å². The summed E-state index contributed by atoms with van der Waals surface area (Å²) in [6, 6.07) is 5.13. The number of rotatable bonds is 3. The number of fused-ring (bicyclic) bond motifs is 1. The Labute approximate surface area is 92.9 Å². The molecule has 0 saturated heterocycles. The van der Waals surface area contributed by atoms with Crippen molar-refractivity contribution in [1.82, 2.24) is 9.55 Å². The van der Waals surface area contributed by atoms with Gasteiger partial charge < -0.3 is 4.57 Å². The van der Waals surface area contributed by atoms with Gasteiger partial charge >= 0.3 is 0 Å². The van der Waals surface area contributed by atoms with Gasteiger partial charge in [-0.2, -0.15) is 0 Å². The van der Waals surface area contributed by atoms with Crippen molar-refractivity contribution in [2.75, 3.05) is 0 Å². The highest BCUT2D eigenvalue weighted by atomic mass is 16.6. The first kappa shape index (κ1) is 10.6. The van der Waals surface area contributed by atoms with E-state index in [1.807, 2.05) is 4.57 Å². The lowest BCUT2D eigenvalue weighted by Crippen LogP contribution is -2.01. The Morgan fingerprint density at radius 1 is 1.56 bits per heavy atom. The Hall–Kier alpha value is -1.91. The smallest absolute Gasteiger partial charge is 0.271 e. The zero-order chi connectivity index (χ0) is 11.7. The molecule has 2 aromatic rings. The van der Waals surface area contributed by atoms with Crippen LogP contribution >= 0.6 is 0 Å². The fourth-order valence-electron chi connectivity index (χ4n) is 1.68. The van der Waals surface area contributed by atoms with E-state index in [0.29, 0.717) is 11.6 Å². The monoisotopic (exact) mass is 219 g/mol. The summed E-state index contributed by atoms with van der Waals surface area (Å²) in [7, 11) is 0. The molecule has 5 heteroatoms. The van der Waals surface area contributed by atoms with E-state index < -0.39 is 4.92 Å². The summed E-state index contributed by atoms with van der Waals surface area (Å²) in [5.74, 6) is 0. The van der Waals surface area contributed by atoms with E-state index in [9.17, 15) is 10.1 Å². The van der Waals surface area contributed by atoms with Gasteiger partial charge in [-0.15, -0.1) is 0 Å².